The van der Waals surface area contributed by atoms with Crippen molar-refractivity contribution in [1.82, 2.24) is 15.0 Å². The Balaban J connectivity index is 1.69. The Morgan fingerprint density at radius 2 is 1.62 bits per heavy atom. The Bertz CT molecular complexity index is 1160. The first kappa shape index (κ1) is 18.8. The molecule has 1 aliphatic carbocycles. The number of aromatic nitrogens is 3. The molecular formula is C20H17ClN6O2. The lowest BCUT2D eigenvalue weighted by molar-refractivity contribution is 0.0980. The number of hydrogen-bond donors (Lipinski definition) is 3. The fourth-order valence-corrected chi connectivity index (χ4v) is 3.54. The van der Waals surface area contributed by atoms with E-state index in [1.165, 1.54) is 0 Å². The number of carbonyl (C=O) groups is 2. The highest BCUT2D eigenvalue weighted by Gasteiger charge is 2.34. The van der Waals surface area contributed by atoms with Crippen LogP contribution in [0.4, 0.5) is 17.3 Å². The van der Waals surface area contributed by atoms with Gasteiger partial charge in [0.1, 0.15) is 5.82 Å². The van der Waals surface area contributed by atoms with Gasteiger partial charge in [-0.3, -0.25) is 9.59 Å². The quantitative estimate of drug-likeness (QED) is 0.348. The van der Waals surface area contributed by atoms with Crippen LogP contribution in [0.15, 0.2) is 30.3 Å². The number of aryl methyl sites for hydroxylation is 2. The van der Waals surface area contributed by atoms with Gasteiger partial charge in [-0.2, -0.15) is 9.97 Å². The molecule has 0 saturated carbocycles. The zero-order valence-corrected chi connectivity index (χ0v) is 16.5. The molecule has 0 saturated heterocycles. The van der Waals surface area contributed by atoms with Crippen molar-refractivity contribution in [2.45, 2.75) is 13.8 Å². The monoisotopic (exact) mass is 408 g/mol. The molecule has 1 aliphatic rings. The number of nitrogens with zero attached hydrogens (tertiary/aromatic N) is 3. The van der Waals surface area contributed by atoms with Gasteiger partial charge in [-0.1, -0.05) is 24.3 Å². The number of ketones is 2. The van der Waals surface area contributed by atoms with E-state index in [1.54, 1.807) is 44.2 Å². The largest absolute Gasteiger partial charge is 0.398 e. The molecular weight excluding hydrogens is 392 g/mol. The molecule has 0 aliphatic heterocycles. The second-order valence-corrected chi connectivity index (χ2v) is 6.95. The van der Waals surface area contributed by atoms with E-state index < -0.39 is 0 Å². The fourth-order valence-electron chi connectivity index (χ4n) is 3.34. The topological polar surface area (TPSA) is 123 Å². The van der Waals surface area contributed by atoms with Crippen LogP contribution in [0.5, 0.6) is 0 Å². The van der Waals surface area contributed by atoms with Gasteiger partial charge >= 0.3 is 0 Å². The molecule has 8 nitrogen and oxygen atoms in total. The molecule has 0 spiro atoms. The van der Waals surface area contributed by atoms with Crippen LogP contribution in [0, 0.1) is 13.8 Å². The lowest BCUT2D eigenvalue weighted by Crippen LogP contribution is -2.25. The molecule has 0 amide bonds. The molecule has 1 heterocycles. The van der Waals surface area contributed by atoms with Crippen LogP contribution in [0.3, 0.4) is 0 Å². The van der Waals surface area contributed by atoms with E-state index in [0.717, 1.165) is 0 Å². The van der Waals surface area contributed by atoms with Crippen molar-refractivity contribution in [3.63, 3.8) is 0 Å². The minimum atomic E-state index is -0.257. The van der Waals surface area contributed by atoms with E-state index in [9.17, 15) is 9.59 Å². The van der Waals surface area contributed by atoms with Crippen molar-refractivity contribution in [3.8, 4) is 0 Å². The van der Waals surface area contributed by atoms with E-state index in [-0.39, 0.29) is 34.6 Å². The molecule has 146 valence electrons. The van der Waals surface area contributed by atoms with Crippen molar-refractivity contribution >= 4 is 40.5 Å². The summed E-state index contributed by atoms with van der Waals surface area (Å²) < 4.78 is 0. The summed E-state index contributed by atoms with van der Waals surface area (Å²) in [6, 6.07) is 8.49. The molecule has 3 aromatic rings. The zero-order chi connectivity index (χ0) is 20.7. The average molecular weight is 409 g/mol. The predicted molar refractivity (Wildman–Crippen MR) is 111 cm³/mol. The maximum Gasteiger partial charge on any atom is 0.228 e. The van der Waals surface area contributed by atoms with Crippen LogP contribution in [-0.2, 0) is 0 Å². The first-order chi connectivity index (χ1) is 13.9. The Morgan fingerprint density at radius 1 is 0.966 bits per heavy atom. The Labute approximate surface area is 171 Å². The van der Waals surface area contributed by atoms with Gasteiger partial charge in [0.15, 0.2) is 11.6 Å². The SMILES string of the molecule is Cc1nc(Cl)nc(NCNc2cc(C)c(N)c3c2C(=O)c2ccccc2C3=O)n1. The highest BCUT2D eigenvalue weighted by Crippen LogP contribution is 2.37. The van der Waals surface area contributed by atoms with Crippen molar-refractivity contribution in [1.29, 1.82) is 0 Å². The third-order valence-corrected chi connectivity index (χ3v) is 4.86. The molecule has 1 aromatic heterocycles. The number of nitrogens with one attached hydrogen (secondary N) is 2. The summed E-state index contributed by atoms with van der Waals surface area (Å²) in [5.74, 6) is 0.269. The number of nitrogens with two attached hydrogens (primary N) is 1. The van der Waals surface area contributed by atoms with Gasteiger partial charge in [-0.15, -0.1) is 0 Å². The first-order valence-electron chi connectivity index (χ1n) is 8.84. The van der Waals surface area contributed by atoms with Crippen LogP contribution in [0.25, 0.3) is 0 Å². The standard InChI is InChI=1S/C20H17ClN6O2/c1-9-7-13(23-8-24-20-26-10(2)25-19(21)27-20)14-15(16(9)22)18(29)12-6-4-3-5-11(12)17(14)28/h3-7,23H,8,22H2,1-2H3,(H,24,25,26,27). The maximum atomic E-state index is 13.1. The van der Waals surface area contributed by atoms with Crippen molar-refractivity contribution in [3.05, 3.63) is 69.3 Å². The van der Waals surface area contributed by atoms with Crippen LogP contribution in [-0.4, -0.2) is 33.2 Å². The smallest absolute Gasteiger partial charge is 0.228 e. The highest BCUT2D eigenvalue weighted by molar-refractivity contribution is 6.32. The van der Waals surface area contributed by atoms with Gasteiger partial charge < -0.3 is 16.4 Å². The molecule has 9 heteroatoms. The number of rotatable bonds is 4. The first-order valence-corrected chi connectivity index (χ1v) is 9.22. The van der Waals surface area contributed by atoms with Gasteiger partial charge in [-0.05, 0) is 37.1 Å². The van der Waals surface area contributed by atoms with Crippen molar-refractivity contribution < 1.29 is 9.59 Å². The van der Waals surface area contributed by atoms with Crippen LogP contribution in [0.1, 0.15) is 43.2 Å². The molecule has 0 radical (unpaired) electrons. The second-order valence-electron chi connectivity index (χ2n) is 6.61. The fraction of sp³-hybridized carbons (Fsp3) is 0.150. The number of fused-ring (bicyclic) bond motifs is 2. The third kappa shape index (κ3) is 3.27. The minimum Gasteiger partial charge on any atom is -0.398 e. The lowest BCUT2D eigenvalue weighted by atomic mass is 9.81. The van der Waals surface area contributed by atoms with Crippen LogP contribution < -0.4 is 16.4 Å². The maximum absolute atomic E-state index is 13.1. The van der Waals surface area contributed by atoms with E-state index in [4.69, 9.17) is 17.3 Å². The molecule has 0 bridgehead atoms. The number of carbonyl (C=O) groups excluding carboxylic acids is 2. The van der Waals surface area contributed by atoms with Crippen LogP contribution >= 0.6 is 11.6 Å². The van der Waals surface area contributed by atoms with Gasteiger partial charge in [0, 0.05) is 22.5 Å². The minimum absolute atomic E-state index is 0.0816. The van der Waals surface area contributed by atoms with Crippen LogP contribution in [0.2, 0.25) is 5.28 Å². The third-order valence-electron chi connectivity index (χ3n) is 4.69. The van der Waals surface area contributed by atoms with Gasteiger partial charge in [-0.25, -0.2) is 4.98 Å². The molecule has 0 atom stereocenters. The number of hydrogen-bond acceptors (Lipinski definition) is 8. The highest BCUT2D eigenvalue weighted by atomic mass is 35.5. The summed E-state index contributed by atoms with van der Waals surface area (Å²) in [6.07, 6.45) is 0. The Kier molecular flexibility index (Phi) is 4.63. The van der Waals surface area contributed by atoms with E-state index in [0.29, 0.717) is 39.8 Å². The van der Waals surface area contributed by atoms with Gasteiger partial charge in [0.2, 0.25) is 11.2 Å². The molecule has 0 unspecified atom stereocenters. The molecule has 29 heavy (non-hydrogen) atoms. The molecule has 4 N–H and O–H groups in total. The summed E-state index contributed by atoms with van der Waals surface area (Å²) in [6.45, 7) is 3.69. The van der Waals surface area contributed by atoms with E-state index in [1.807, 2.05) is 0 Å². The van der Waals surface area contributed by atoms with Gasteiger partial charge in [0.05, 0.1) is 17.8 Å². The summed E-state index contributed by atoms with van der Waals surface area (Å²) in [4.78, 5) is 38.2. The molecule has 0 fully saturated rings. The number of halogens is 1. The Hall–Kier alpha value is -3.52. The molecule has 2 aromatic carbocycles. The molecule has 4 rings (SSSR count). The average Bonchev–Trinajstić information content (AvgIpc) is 2.68. The Morgan fingerprint density at radius 3 is 2.28 bits per heavy atom. The van der Waals surface area contributed by atoms with Crippen molar-refractivity contribution in [2.24, 2.45) is 0 Å². The summed E-state index contributed by atoms with van der Waals surface area (Å²) in [7, 11) is 0. The number of anilines is 3. The summed E-state index contributed by atoms with van der Waals surface area (Å²) >= 11 is 5.84. The van der Waals surface area contributed by atoms with E-state index >= 15 is 0 Å². The lowest BCUT2D eigenvalue weighted by Gasteiger charge is -2.23. The summed E-state index contributed by atoms with van der Waals surface area (Å²) in [5.41, 5.74) is 8.92. The van der Waals surface area contributed by atoms with Gasteiger partial charge in [0.25, 0.3) is 0 Å². The normalized spacial score (nSPS) is 12.4. The predicted octanol–water partition coefficient (Wildman–Crippen LogP) is 2.98. The number of nitrogen functional groups attached to an aromatic ring is 1. The number of benzene rings is 2. The van der Waals surface area contributed by atoms with E-state index in [2.05, 4.69) is 25.6 Å². The van der Waals surface area contributed by atoms with Crippen molar-refractivity contribution in [2.75, 3.05) is 23.0 Å². The zero-order valence-electron chi connectivity index (χ0n) is 15.7. The second kappa shape index (κ2) is 7.14. The summed E-state index contributed by atoms with van der Waals surface area (Å²) in [5, 5.41) is 6.18.